The average molecular weight is 532 g/mol. The van der Waals surface area contributed by atoms with Crippen molar-refractivity contribution in [1.82, 2.24) is 9.80 Å². The highest BCUT2D eigenvalue weighted by atomic mass is 35.5. The van der Waals surface area contributed by atoms with Crippen LogP contribution in [0.15, 0.2) is 53.9 Å². The summed E-state index contributed by atoms with van der Waals surface area (Å²) in [4.78, 5) is 32.1. The van der Waals surface area contributed by atoms with Gasteiger partial charge in [-0.2, -0.15) is 0 Å². The summed E-state index contributed by atoms with van der Waals surface area (Å²) in [6.07, 6.45) is 1.50. The summed E-state index contributed by atoms with van der Waals surface area (Å²) in [7, 11) is 1.57. The second-order valence-electron chi connectivity index (χ2n) is 8.63. The minimum Gasteiger partial charge on any atom is -0.497 e. The van der Waals surface area contributed by atoms with Crippen LogP contribution in [0.2, 0.25) is 10.0 Å². The number of amides is 2. The van der Waals surface area contributed by atoms with Crippen LogP contribution in [-0.4, -0.2) is 47.9 Å². The smallest absolute Gasteiger partial charge is 0.254 e. The van der Waals surface area contributed by atoms with Gasteiger partial charge in [0.05, 0.1) is 13.2 Å². The number of benzene rings is 2. The van der Waals surface area contributed by atoms with Gasteiger partial charge in [0.15, 0.2) is 0 Å². The van der Waals surface area contributed by atoms with Crippen molar-refractivity contribution in [2.24, 2.45) is 0 Å². The molecule has 0 spiro atoms. The zero-order valence-corrected chi connectivity index (χ0v) is 22.3. The number of fused-ring (bicyclic) bond motifs is 1. The summed E-state index contributed by atoms with van der Waals surface area (Å²) in [6, 6.07) is 14.0. The first-order valence-electron chi connectivity index (χ1n) is 11.6. The number of ether oxygens (including phenoxy) is 1. The van der Waals surface area contributed by atoms with Crippen LogP contribution in [0.25, 0.3) is 0 Å². The first-order valence-corrected chi connectivity index (χ1v) is 13.2. The van der Waals surface area contributed by atoms with Gasteiger partial charge in [-0.3, -0.25) is 9.59 Å². The summed E-state index contributed by atoms with van der Waals surface area (Å²) >= 11 is 14.5. The number of carbonyl (C=O) groups is 2. The molecule has 0 saturated carbocycles. The Balaban J connectivity index is 1.66. The molecule has 3 aromatic rings. The zero-order valence-electron chi connectivity index (χ0n) is 20.0. The molecular formula is C27H28Cl2N2O3S. The van der Waals surface area contributed by atoms with Gasteiger partial charge in [-0.1, -0.05) is 42.3 Å². The molecule has 1 aromatic heterocycles. The Morgan fingerprint density at radius 3 is 2.69 bits per heavy atom. The summed E-state index contributed by atoms with van der Waals surface area (Å²) in [5.74, 6) is 0.292. The van der Waals surface area contributed by atoms with Gasteiger partial charge in [0.25, 0.3) is 5.91 Å². The van der Waals surface area contributed by atoms with Crippen LogP contribution in [0.4, 0.5) is 0 Å². The molecule has 0 fully saturated rings. The van der Waals surface area contributed by atoms with Crippen molar-refractivity contribution in [3.8, 4) is 5.75 Å². The van der Waals surface area contributed by atoms with Crippen LogP contribution in [0.1, 0.15) is 52.7 Å². The van der Waals surface area contributed by atoms with Crippen LogP contribution in [0.5, 0.6) is 5.75 Å². The van der Waals surface area contributed by atoms with E-state index in [-0.39, 0.29) is 30.4 Å². The second-order valence-corrected chi connectivity index (χ2v) is 10.5. The number of carbonyl (C=O) groups excluding carboxylic acids is 2. The molecule has 4 rings (SSSR count). The number of rotatable bonds is 7. The van der Waals surface area contributed by atoms with Crippen LogP contribution in [0.3, 0.4) is 0 Å². The summed E-state index contributed by atoms with van der Waals surface area (Å²) in [5, 5.41) is 3.11. The number of halogens is 2. The molecule has 2 atom stereocenters. The van der Waals surface area contributed by atoms with Crippen molar-refractivity contribution in [2.75, 3.05) is 20.2 Å². The van der Waals surface area contributed by atoms with E-state index in [9.17, 15) is 9.59 Å². The summed E-state index contributed by atoms with van der Waals surface area (Å²) in [6.45, 7) is 4.51. The van der Waals surface area contributed by atoms with Crippen LogP contribution in [0, 0.1) is 0 Å². The summed E-state index contributed by atoms with van der Waals surface area (Å²) < 4.78 is 5.29. The Bertz CT molecular complexity index is 1230. The van der Waals surface area contributed by atoms with E-state index in [1.165, 1.54) is 4.88 Å². The SMILES string of the molecule is CC[C@H](C)N(CC(=O)N1CCc2sccc2[C@@H]1c1ccc(Cl)cc1Cl)C(=O)c1cccc(OC)c1. The van der Waals surface area contributed by atoms with E-state index in [0.717, 1.165) is 24.0 Å². The van der Waals surface area contributed by atoms with Crippen molar-refractivity contribution >= 4 is 46.4 Å². The van der Waals surface area contributed by atoms with Gasteiger partial charge in [-0.15, -0.1) is 11.3 Å². The number of hydrogen-bond acceptors (Lipinski definition) is 4. The lowest BCUT2D eigenvalue weighted by atomic mass is 9.93. The van der Waals surface area contributed by atoms with Crippen molar-refractivity contribution in [3.05, 3.63) is 85.5 Å². The monoisotopic (exact) mass is 530 g/mol. The first kappa shape index (κ1) is 25.5. The van der Waals surface area contributed by atoms with E-state index >= 15 is 0 Å². The van der Waals surface area contributed by atoms with E-state index < -0.39 is 0 Å². The Morgan fingerprint density at radius 1 is 1.17 bits per heavy atom. The van der Waals surface area contributed by atoms with Gasteiger partial charge in [0.2, 0.25) is 5.91 Å². The molecule has 0 saturated heterocycles. The Morgan fingerprint density at radius 2 is 1.97 bits per heavy atom. The minimum atomic E-state index is -0.326. The van der Waals surface area contributed by atoms with Gasteiger partial charge < -0.3 is 14.5 Å². The molecule has 0 radical (unpaired) electrons. The molecule has 2 heterocycles. The molecule has 0 aliphatic carbocycles. The second kappa shape index (κ2) is 11.0. The lowest BCUT2D eigenvalue weighted by molar-refractivity contribution is -0.134. The molecule has 0 unspecified atom stereocenters. The van der Waals surface area contributed by atoms with Gasteiger partial charge >= 0.3 is 0 Å². The van der Waals surface area contributed by atoms with E-state index in [4.69, 9.17) is 27.9 Å². The van der Waals surface area contributed by atoms with Crippen LogP contribution < -0.4 is 4.74 Å². The zero-order chi connectivity index (χ0) is 25.1. The highest BCUT2D eigenvalue weighted by Crippen LogP contribution is 2.41. The molecule has 1 aliphatic rings. The molecule has 8 heteroatoms. The standard InChI is InChI=1S/C27H28Cl2N2O3S/c1-4-17(2)31(27(33)18-6-5-7-20(14-18)34-3)16-25(32)30-12-10-24-22(11-13-35-24)26(30)21-9-8-19(28)15-23(21)29/h5-9,11,13-15,17,26H,4,10,12,16H2,1-3H3/t17-,26-/m0/s1. The third-order valence-electron chi connectivity index (χ3n) is 6.55. The quantitative estimate of drug-likeness (QED) is 0.351. The molecule has 2 aromatic carbocycles. The molecule has 0 N–H and O–H groups in total. The normalized spacial score (nSPS) is 15.9. The number of thiophene rings is 1. The Labute approximate surface area is 220 Å². The lowest BCUT2D eigenvalue weighted by Crippen LogP contribution is -2.49. The lowest BCUT2D eigenvalue weighted by Gasteiger charge is -2.38. The van der Waals surface area contributed by atoms with E-state index in [1.54, 1.807) is 59.7 Å². The Kier molecular flexibility index (Phi) is 8.05. The maximum Gasteiger partial charge on any atom is 0.254 e. The van der Waals surface area contributed by atoms with Gasteiger partial charge in [-0.25, -0.2) is 0 Å². The fourth-order valence-corrected chi connectivity index (χ4v) is 5.87. The summed E-state index contributed by atoms with van der Waals surface area (Å²) in [5.41, 5.74) is 2.40. The third-order valence-corrected chi connectivity index (χ3v) is 8.11. The fourth-order valence-electron chi connectivity index (χ4n) is 4.45. The van der Waals surface area contributed by atoms with Gasteiger partial charge in [-0.05, 0) is 72.7 Å². The largest absolute Gasteiger partial charge is 0.497 e. The predicted octanol–water partition coefficient (Wildman–Crippen LogP) is 6.48. The minimum absolute atomic E-state index is 0.0216. The first-order chi connectivity index (χ1) is 16.8. The fraction of sp³-hybridized carbons (Fsp3) is 0.333. The van der Waals surface area contributed by atoms with E-state index in [1.807, 2.05) is 30.2 Å². The maximum absolute atomic E-state index is 13.8. The average Bonchev–Trinajstić information content (AvgIpc) is 3.35. The van der Waals surface area contributed by atoms with E-state index in [2.05, 4.69) is 6.07 Å². The van der Waals surface area contributed by atoms with E-state index in [0.29, 0.717) is 27.9 Å². The molecule has 184 valence electrons. The Hall–Kier alpha value is -2.54. The highest BCUT2D eigenvalue weighted by Gasteiger charge is 2.35. The number of methoxy groups -OCH3 is 1. The van der Waals surface area contributed by atoms with Crippen molar-refractivity contribution in [2.45, 2.75) is 38.8 Å². The molecule has 0 bridgehead atoms. The van der Waals surface area contributed by atoms with Crippen LogP contribution in [-0.2, 0) is 11.2 Å². The number of hydrogen-bond donors (Lipinski definition) is 0. The van der Waals surface area contributed by atoms with Crippen LogP contribution >= 0.6 is 34.5 Å². The van der Waals surface area contributed by atoms with Gasteiger partial charge in [0.1, 0.15) is 12.3 Å². The predicted molar refractivity (Wildman–Crippen MR) is 142 cm³/mol. The molecule has 1 aliphatic heterocycles. The van der Waals surface area contributed by atoms with Crippen molar-refractivity contribution in [1.29, 1.82) is 0 Å². The van der Waals surface area contributed by atoms with Crippen molar-refractivity contribution in [3.63, 3.8) is 0 Å². The molecule has 2 amide bonds. The molecular weight excluding hydrogens is 503 g/mol. The third kappa shape index (κ3) is 5.35. The molecule has 35 heavy (non-hydrogen) atoms. The molecule has 5 nitrogen and oxygen atoms in total. The number of nitrogens with zero attached hydrogens (tertiary/aromatic N) is 2. The highest BCUT2D eigenvalue weighted by molar-refractivity contribution is 7.10. The maximum atomic E-state index is 13.8. The van der Waals surface area contributed by atoms with Gasteiger partial charge in [0, 0.05) is 33.1 Å². The van der Waals surface area contributed by atoms with Crippen molar-refractivity contribution < 1.29 is 14.3 Å². The topological polar surface area (TPSA) is 49.9 Å².